The minimum absolute atomic E-state index is 0.0564. The van der Waals surface area contributed by atoms with Gasteiger partial charge in [-0.25, -0.2) is 9.18 Å². The van der Waals surface area contributed by atoms with Crippen LogP contribution in [-0.2, 0) is 4.79 Å². The Bertz CT molecular complexity index is 976. The zero-order valence-corrected chi connectivity index (χ0v) is 20.4. The molecule has 34 heavy (non-hydrogen) atoms. The number of benzene rings is 2. The maximum absolute atomic E-state index is 15.2. The summed E-state index contributed by atoms with van der Waals surface area (Å²) in [6, 6.07) is 10.4. The molecule has 1 N–H and O–H groups in total. The Morgan fingerprint density at radius 1 is 1.09 bits per heavy atom. The quantitative estimate of drug-likeness (QED) is 0.164. The van der Waals surface area contributed by atoms with Gasteiger partial charge in [-0.2, -0.15) is 0 Å². The van der Waals surface area contributed by atoms with E-state index >= 15 is 4.39 Å². The maximum atomic E-state index is 15.2. The molecule has 1 fully saturated rings. The van der Waals surface area contributed by atoms with Gasteiger partial charge < -0.3 is 14.6 Å². The van der Waals surface area contributed by atoms with E-state index in [1.807, 2.05) is 12.1 Å². The molecule has 2 aromatic rings. The Labute approximate surface area is 202 Å². The Balaban J connectivity index is 1.75. The highest BCUT2D eigenvalue weighted by molar-refractivity contribution is 5.89. The van der Waals surface area contributed by atoms with E-state index in [1.165, 1.54) is 38.5 Å². The summed E-state index contributed by atoms with van der Waals surface area (Å²) in [6.45, 7) is 7.27. The summed E-state index contributed by atoms with van der Waals surface area (Å²) >= 11 is 0. The summed E-state index contributed by atoms with van der Waals surface area (Å²) in [7, 11) is 0. The molecule has 0 aromatic heterocycles. The minimum Gasteiger partial charge on any atom is -0.487 e. The van der Waals surface area contributed by atoms with E-state index in [-0.39, 0.29) is 30.4 Å². The summed E-state index contributed by atoms with van der Waals surface area (Å²) in [5.41, 5.74) is 2.34. The number of rotatable bonds is 11. The molecule has 0 amide bonds. The molecule has 4 nitrogen and oxygen atoms in total. The summed E-state index contributed by atoms with van der Waals surface area (Å²) in [5.74, 6) is 0.825. The van der Waals surface area contributed by atoms with Crippen LogP contribution in [0.3, 0.4) is 0 Å². The Morgan fingerprint density at radius 3 is 2.50 bits per heavy atom. The van der Waals surface area contributed by atoms with Gasteiger partial charge in [-0.1, -0.05) is 57.4 Å². The van der Waals surface area contributed by atoms with Crippen molar-refractivity contribution in [2.24, 2.45) is 5.92 Å². The van der Waals surface area contributed by atoms with Gasteiger partial charge in [-0.15, -0.1) is 0 Å². The van der Waals surface area contributed by atoms with E-state index in [0.29, 0.717) is 22.8 Å². The largest absolute Gasteiger partial charge is 0.487 e. The average Bonchev–Trinajstić information content (AvgIpc) is 2.83. The predicted molar refractivity (Wildman–Crippen MR) is 134 cm³/mol. The molecule has 0 radical (unpaired) electrons. The number of halogens is 1. The lowest BCUT2D eigenvalue weighted by Gasteiger charge is -2.29. The normalized spacial score (nSPS) is 17.9. The Kier molecular flexibility index (Phi) is 9.70. The number of aliphatic hydroxyl groups is 1. The van der Waals surface area contributed by atoms with Crippen LogP contribution in [0.2, 0.25) is 0 Å². The first-order valence-electron chi connectivity index (χ1n) is 12.5. The lowest BCUT2D eigenvalue weighted by atomic mass is 9.77. The summed E-state index contributed by atoms with van der Waals surface area (Å²) in [4.78, 5) is 12.1. The Hall–Kier alpha value is -2.66. The van der Waals surface area contributed by atoms with Crippen LogP contribution in [0.5, 0.6) is 11.5 Å². The van der Waals surface area contributed by atoms with Gasteiger partial charge in [0.25, 0.3) is 0 Å². The van der Waals surface area contributed by atoms with Gasteiger partial charge in [0.05, 0.1) is 6.61 Å². The van der Waals surface area contributed by atoms with Crippen LogP contribution in [0.25, 0.3) is 11.1 Å². The maximum Gasteiger partial charge on any atom is 0.338 e. The minimum atomic E-state index is -0.591. The van der Waals surface area contributed by atoms with E-state index in [1.54, 1.807) is 31.2 Å². The molecule has 0 atom stereocenters. The number of unbranched alkanes of at least 4 members (excludes halogenated alkanes) is 2. The number of carbonyl (C=O) groups is 1. The van der Waals surface area contributed by atoms with Crippen LogP contribution >= 0.6 is 0 Å². The second-order valence-corrected chi connectivity index (χ2v) is 9.36. The van der Waals surface area contributed by atoms with Gasteiger partial charge in [0.1, 0.15) is 12.4 Å². The second kappa shape index (κ2) is 12.7. The van der Waals surface area contributed by atoms with E-state index in [4.69, 9.17) is 14.6 Å². The number of hydrogen-bond donors (Lipinski definition) is 1. The fraction of sp³-hybridized carbons (Fsp3) is 0.483. The highest BCUT2D eigenvalue weighted by Gasteiger charge is 2.23. The van der Waals surface area contributed by atoms with Gasteiger partial charge in [0.15, 0.2) is 11.5 Å². The van der Waals surface area contributed by atoms with E-state index in [0.717, 1.165) is 24.3 Å². The molecule has 1 aliphatic carbocycles. The van der Waals surface area contributed by atoms with Crippen LogP contribution in [0, 0.1) is 11.7 Å². The molecular formula is C29H37FO4. The first-order valence-corrected chi connectivity index (χ1v) is 12.5. The molecule has 0 bridgehead atoms. The zero-order chi connectivity index (χ0) is 24.5. The number of ether oxygens (including phenoxy) is 2. The second-order valence-electron chi connectivity index (χ2n) is 9.36. The smallest absolute Gasteiger partial charge is 0.338 e. The Morgan fingerprint density at radius 2 is 1.85 bits per heavy atom. The van der Waals surface area contributed by atoms with Crippen LogP contribution in [0.1, 0.15) is 76.7 Å². The van der Waals surface area contributed by atoms with Crippen molar-refractivity contribution in [2.75, 3.05) is 13.2 Å². The first-order chi connectivity index (χ1) is 16.4. The van der Waals surface area contributed by atoms with Gasteiger partial charge in [0.2, 0.25) is 0 Å². The van der Waals surface area contributed by atoms with Crippen molar-refractivity contribution in [2.45, 2.75) is 71.1 Å². The van der Waals surface area contributed by atoms with Crippen LogP contribution in [-0.4, -0.2) is 24.3 Å². The molecule has 5 heteroatoms. The monoisotopic (exact) mass is 468 g/mol. The third-order valence-corrected chi connectivity index (χ3v) is 6.68. The molecule has 0 spiro atoms. The fourth-order valence-electron chi connectivity index (χ4n) is 4.70. The SMILES string of the molecule is C=C(C)C(=O)Oc1cc(-c2ccc(C3CCC(CCCCC)CC3)cc2F)ccc1OCCO. The molecule has 0 heterocycles. The van der Waals surface area contributed by atoms with Gasteiger partial charge in [0, 0.05) is 11.1 Å². The lowest BCUT2D eigenvalue weighted by molar-refractivity contribution is -0.130. The third-order valence-electron chi connectivity index (χ3n) is 6.68. The molecule has 1 saturated carbocycles. The lowest BCUT2D eigenvalue weighted by Crippen LogP contribution is -2.13. The van der Waals surface area contributed by atoms with Crippen molar-refractivity contribution in [3.63, 3.8) is 0 Å². The molecule has 0 unspecified atom stereocenters. The third kappa shape index (κ3) is 6.92. The van der Waals surface area contributed by atoms with E-state index in [2.05, 4.69) is 13.5 Å². The first kappa shape index (κ1) is 26.0. The van der Waals surface area contributed by atoms with Crippen LogP contribution in [0.15, 0.2) is 48.6 Å². The summed E-state index contributed by atoms with van der Waals surface area (Å²) < 4.78 is 26.1. The van der Waals surface area contributed by atoms with Crippen molar-refractivity contribution < 1.29 is 23.8 Å². The highest BCUT2D eigenvalue weighted by Crippen LogP contribution is 2.40. The molecule has 2 aromatic carbocycles. The summed E-state index contributed by atoms with van der Waals surface area (Å²) in [6.07, 6.45) is 9.91. The van der Waals surface area contributed by atoms with Crippen molar-refractivity contribution in [1.82, 2.24) is 0 Å². The number of esters is 1. The van der Waals surface area contributed by atoms with Gasteiger partial charge in [-0.3, -0.25) is 0 Å². The van der Waals surface area contributed by atoms with Gasteiger partial charge in [-0.05, 0) is 73.8 Å². The predicted octanol–water partition coefficient (Wildman–Crippen LogP) is 7.20. The number of aliphatic hydroxyl groups excluding tert-OH is 1. The average molecular weight is 469 g/mol. The number of hydrogen-bond acceptors (Lipinski definition) is 4. The molecule has 3 rings (SSSR count). The highest BCUT2D eigenvalue weighted by atomic mass is 19.1. The van der Waals surface area contributed by atoms with E-state index < -0.39 is 5.97 Å². The van der Waals surface area contributed by atoms with Crippen molar-refractivity contribution in [1.29, 1.82) is 0 Å². The van der Waals surface area contributed by atoms with Crippen molar-refractivity contribution in [3.8, 4) is 22.6 Å². The zero-order valence-electron chi connectivity index (χ0n) is 20.4. The topological polar surface area (TPSA) is 55.8 Å². The standard InChI is InChI=1S/C29H37FO4/c1-4-5-6-7-21-8-10-22(11-9-21)23-12-14-25(26(30)18-23)24-13-15-27(33-17-16-31)28(19-24)34-29(32)20(2)3/h12-15,18-19,21-22,31H,2,4-11,16-17H2,1,3H3. The molecule has 0 saturated heterocycles. The van der Waals surface area contributed by atoms with Crippen molar-refractivity contribution >= 4 is 5.97 Å². The molecular weight excluding hydrogens is 431 g/mol. The van der Waals surface area contributed by atoms with Crippen LogP contribution < -0.4 is 9.47 Å². The molecule has 0 aliphatic heterocycles. The number of carbonyl (C=O) groups excluding carboxylic acids is 1. The van der Waals surface area contributed by atoms with E-state index in [9.17, 15) is 4.79 Å². The molecule has 184 valence electrons. The van der Waals surface area contributed by atoms with Crippen molar-refractivity contribution in [3.05, 3.63) is 59.9 Å². The van der Waals surface area contributed by atoms with Gasteiger partial charge >= 0.3 is 5.97 Å². The van der Waals surface area contributed by atoms with Crippen LogP contribution in [0.4, 0.5) is 4.39 Å². The molecule has 1 aliphatic rings. The summed E-state index contributed by atoms with van der Waals surface area (Å²) in [5, 5.41) is 9.06. The fourth-order valence-corrected chi connectivity index (χ4v) is 4.70.